The second kappa shape index (κ2) is 11.2. The Morgan fingerprint density at radius 2 is 1.63 bits per heavy atom. The minimum Gasteiger partial charge on any atom is -0.378 e. The summed E-state index contributed by atoms with van der Waals surface area (Å²) in [6, 6.07) is 10.3. The molecule has 218 valence electrons. The van der Waals surface area contributed by atoms with Gasteiger partial charge in [-0.2, -0.15) is 4.98 Å². The number of nitrogens with two attached hydrogens (primary N) is 1. The normalized spacial score (nSPS) is 15.7. The lowest BCUT2D eigenvalue weighted by atomic mass is 10.1. The topological polar surface area (TPSA) is 131 Å². The summed E-state index contributed by atoms with van der Waals surface area (Å²) in [6.07, 6.45) is 8.49. The molecule has 0 saturated carbocycles. The number of piperazine rings is 1. The summed E-state index contributed by atoms with van der Waals surface area (Å²) >= 11 is 0. The molecule has 2 aliphatic heterocycles. The molecule has 7 rings (SSSR count). The highest BCUT2D eigenvalue weighted by Gasteiger charge is 2.25. The Hall–Kier alpha value is -5.17. The van der Waals surface area contributed by atoms with Crippen LogP contribution in [-0.2, 0) is 4.74 Å². The Labute approximate surface area is 246 Å². The molecule has 0 spiro atoms. The summed E-state index contributed by atoms with van der Waals surface area (Å²) in [5.74, 6) is -0.0597. The van der Waals surface area contributed by atoms with Crippen molar-refractivity contribution < 1.29 is 13.9 Å². The molecule has 1 aromatic carbocycles. The van der Waals surface area contributed by atoms with Crippen molar-refractivity contribution in [3.8, 4) is 16.9 Å². The average Bonchev–Trinajstić information content (AvgIpc) is 3.49. The minimum atomic E-state index is -0.525. The zero-order valence-electron chi connectivity index (χ0n) is 23.3. The average molecular weight is 581 g/mol. The number of ether oxygens (including phenoxy) is 1. The van der Waals surface area contributed by atoms with Crippen LogP contribution in [0.1, 0.15) is 10.4 Å². The number of rotatable bonds is 5. The fourth-order valence-corrected chi connectivity index (χ4v) is 5.52. The first-order chi connectivity index (χ1) is 21.0. The number of anilines is 3. The number of pyridine rings is 1. The SMILES string of the molecule is Nc1ncc(-c2nc(N3CCOCC3)nc3c2ccn3-c2ccc(C(=O)N3CCN(c4ccncc4)CC3)cc2F)cn1. The van der Waals surface area contributed by atoms with E-state index < -0.39 is 5.82 Å². The van der Waals surface area contributed by atoms with Crippen molar-refractivity contribution in [2.75, 3.05) is 68.0 Å². The highest BCUT2D eigenvalue weighted by molar-refractivity contribution is 5.95. The van der Waals surface area contributed by atoms with Crippen molar-refractivity contribution in [2.24, 2.45) is 0 Å². The number of nitrogen functional groups attached to an aromatic ring is 1. The van der Waals surface area contributed by atoms with E-state index >= 15 is 4.39 Å². The third-order valence-corrected chi connectivity index (χ3v) is 7.82. The molecule has 12 nitrogen and oxygen atoms in total. The van der Waals surface area contributed by atoms with Crippen LogP contribution in [0.3, 0.4) is 0 Å². The summed E-state index contributed by atoms with van der Waals surface area (Å²) in [4.78, 5) is 41.4. The molecule has 0 unspecified atom stereocenters. The van der Waals surface area contributed by atoms with Gasteiger partial charge < -0.3 is 25.2 Å². The number of carbonyl (C=O) groups excluding carboxylic acids is 1. The summed E-state index contributed by atoms with van der Waals surface area (Å²) in [5, 5.41) is 0.706. The van der Waals surface area contributed by atoms with Gasteiger partial charge in [-0.25, -0.2) is 19.3 Å². The largest absolute Gasteiger partial charge is 0.378 e. The first-order valence-electron chi connectivity index (χ1n) is 14.1. The Morgan fingerprint density at radius 1 is 0.884 bits per heavy atom. The Balaban J connectivity index is 1.19. The number of benzene rings is 1. The molecule has 2 saturated heterocycles. The van der Waals surface area contributed by atoms with Crippen LogP contribution in [-0.4, -0.2) is 92.8 Å². The van der Waals surface area contributed by atoms with Crippen LogP contribution in [0.25, 0.3) is 28.0 Å². The zero-order valence-corrected chi connectivity index (χ0v) is 23.3. The van der Waals surface area contributed by atoms with E-state index in [9.17, 15) is 4.79 Å². The predicted molar refractivity (Wildman–Crippen MR) is 160 cm³/mol. The predicted octanol–water partition coefficient (Wildman–Crippen LogP) is 2.79. The van der Waals surface area contributed by atoms with Gasteiger partial charge in [-0.15, -0.1) is 0 Å². The van der Waals surface area contributed by atoms with Crippen molar-refractivity contribution in [3.05, 3.63) is 78.8 Å². The van der Waals surface area contributed by atoms with Crippen LogP contribution >= 0.6 is 0 Å². The third kappa shape index (κ3) is 5.18. The zero-order chi connectivity index (χ0) is 29.3. The monoisotopic (exact) mass is 580 g/mol. The molecule has 0 bridgehead atoms. The molecule has 0 aliphatic carbocycles. The van der Waals surface area contributed by atoms with Gasteiger partial charge in [-0.3, -0.25) is 14.3 Å². The van der Waals surface area contributed by atoms with Crippen LogP contribution in [0, 0.1) is 5.82 Å². The molecule has 1 amide bonds. The van der Waals surface area contributed by atoms with E-state index in [1.165, 1.54) is 6.07 Å². The van der Waals surface area contributed by atoms with E-state index in [2.05, 4.69) is 19.9 Å². The first-order valence-corrected chi connectivity index (χ1v) is 14.1. The maximum Gasteiger partial charge on any atom is 0.254 e. The number of nitrogens with zero attached hydrogens (tertiary/aromatic N) is 9. The summed E-state index contributed by atoms with van der Waals surface area (Å²) in [6.45, 7) is 4.86. The molecule has 0 radical (unpaired) electrons. The fourth-order valence-electron chi connectivity index (χ4n) is 5.52. The van der Waals surface area contributed by atoms with Gasteiger partial charge >= 0.3 is 0 Å². The summed E-state index contributed by atoms with van der Waals surface area (Å²) in [7, 11) is 0. The van der Waals surface area contributed by atoms with Crippen molar-refractivity contribution >= 4 is 34.5 Å². The van der Waals surface area contributed by atoms with Crippen molar-refractivity contribution in [3.63, 3.8) is 0 Å². The lowest BCUT2D eigenvalue weighted by Gasteiger charge is -2.36. The number of fused-ring (bicyclic) bond motifs is 1. The van der Waals surface area contributed by atoms with Crippen molar-refractivity contribution in [1.29, 1.82) is 0 Å². The number of hydrogen-bond acceptors (Lipinski definition) is 10. The van der Waals surface area contributed by atoms with Crippen molar-refractivity contribution in [1.82, 2.24) is 34.4 Å². The summed E-state index contributed by atoms with van der Waals surface area (Å²) < 4.78 is 23.0. The quantitative estimate of drug-likeness (QED) is 0.331. The molecule has 6 heterocycles. The van der Waals surface area contributed by atoms with Gasteiger partial charge in [0.2, 0.25) is 11.9 Å². The van der Waals surface area contributed by atoms with Crippen LogP contribution in [0.4, 0.5) is 22.0 Å². The van der Waals surface area contributed by atoms with E-state index in [4.69, 9.17) is 20.4 Å². The van der Waals surface area contributed by atoms with E-state index in [1.54, 1.807) is 52.6 Å². The standard InChI is InChI=1S/C30H29FN10O2/c31-24-17-20(28(42)39-11-9-38(10-12-39)22-3-6-33-7-4-22)1-2-25(24)41-8-5-23-26(21-18-34-29(32)35-19-21)36-30(37-27(23)41)40-13-15-43-16-14-40/h1-8,17-19H,9-16H2,(H2,32,34,35). The van der Waals surface area contributed by atoms with E-state index in [0.717, 1.165) is 5.69 Å². The smallest absolute Gasteiger partial charge is 0.254 e. The van der Waals surface area contributed by atoms with E-state index in [0.29, 0.717) is 86.3 Å². The van der Waals surface area contributed by atoms with Crippen LogP contribution in [0.15, 0.2) is 67.4 Å². The van der Waals surface area contributed by atoms with E-state index in [1.807, 2.05) is 23.1 Å². The molecule has 43 heavy (non-hydrogen) atoms. The van der Waals surface area contributed by atoms with Crippen LogP contribution in [0.5, 0.6) is 0 Å². The van der Waals surface area contributed by atoms with Crippen LogP contribution in [0.2, 0.25) is 0 Å². The molecule has 2 fully saturated rings. The molecular weight excluding hydrogens is 551 g/mol. The second-order valence-corrected chi connectivity index (χ2v) is 10.4. The van der Waals surface area contributed by atoms with Gasteiger partial charge in [0.05, 0.1) is 24.6 Å². The highest BCUT2D eigenvalue weighted by Crippen LogP contribution is 2.31. The number of amides is 1. The Morgan fingerprint density at radius 3 is 2.35 bits per heavy atom. The van der Waals surface area contributed by atoms with E-state index in [-0.39, 0.29) is 17.5 Å². The number of hydrogen-bond donors (Lipinski definition) is 1. The first kappa shape index (κ1) is 26.7. The number of carbonyl (C=O) groups is 1. The summed E-state index contributed by atoms with van der Waals surface area (Å²) in [5.41, 5.74) is 9.18. The maximum absolute atomic E-state index is 15.8. The van der Waals surface area contributed by atoms with Gasteiger partial charge in [0.25, 0.3) is 5.91 Å². The molecule has 4 aromatic heterocycles. The lowest BCUT2D eigenvalue weighted by molar-refractivity contribution is 0.0746. The van der Waals surface area contributed by atoms with Crippen molar-refractivity contribution in [2.45, 2.75) is 0 Å². The number of halogens is 1. The van der Waals surface area contributed by atoms with Gasteiger partial charge in [0.15, 0.2) is 5.65 Å². The molecular formula is C30H29FN10O2. The van der Waals surface area contributed by atoms with Gasteiger partial charge in [0, 0.05) is 92.5 Å². The lowest BCUT2D eigenvalue weighted by Crippen LogP contribution is -2.48. The number of morpholine rings is 1. The van der Waals surface area contributed by atoms with Gasteiger partial charge in [-0.1, -0.05) is 0 Å². The van der Waals surface area contributed by atoms with Crippen LogP contribution < -0.4 is 15.5 Å². The Kier molecular flexibility index (Phi) is 6.99. The molecule has 2 aliphatic rings. The maximum atomic E-state index is 15.8. The minimum absolute atomic E-state index is 0.160. The molecule has 0 atom stereocenters. The second-order valence-electron chi connectivity index (χ2n) is 10.4. The molecule has 13 heteroatoms. The highest BCUT2D eigenvalue weighted by atomic mass is 19.1. The molecule has 2 N–H and O–H groups in total. The molecule has 5 aromatic rings. The van der Waals surface area contributed by atoms with Gasteiger partial charge in [0.1, 0.15) is 5.82 Å². The Bertz CT molecular complexity index is 1770. The fraction of sp³-hybridized carbons (Fsp3) is 0.267. The third-order valence-electron chi connectivity index (χ3n) is 7.82. The number of aromatic nitrogens is 6. The van der Waals surface area contributed by atoms with Gasteiger partial charge in [-0.05, 0) is 36.4 Å².